The van der Waals surface area contributed by atoms with Crippen LogP contribution in [0, 0.1) is 10.1 Å². The topological polar surface area (TPSA) is 78.2 Å². The Hall–Kier alpha value is -1.43. The second kappa shape index (κ2) is 8.63. The summed E-state index contributed by atoms with van der Waals surface area (Å²) in [6, 6.07) is 0. The van der Waals surface area contributed by atoms with E-state index >= 15 is 0 Å². The lowest BCUT2D eigenvalue weighted by molar-refractivity contribution is -0.386. The van der Waals surface area contributed by atoms with Crippen LogP contribution >= 0.6 is 11.6 Å². The van der Waals surface area contributed by atoms with Gasteiger partial charge in [0.15, 0.2) is 0 Å². The Kier molecular flexibility index (Phi) is 7.10. The highest BCUT2D eigenvalue weighted by molar-refractivity contribution is 6.31. The van der Waals surface area contributed by atoms with E-state index in [1.807, 2.05) is 0 Å². The van der Waals surface area contributed by atoms with Gasteiger partial charge in [0, 0.05) is 0 Å². The number of ether oxygens (including phenoxy) is 1. The van der Waals surface area contributed by atoms with Crippen LogP contribution < -0.4 is 4.74 Å². The van der Waals surface area contributed by atoms with Crippen molar-refractivity contribution in [2.24, 2.45) is 0 Å². The average Bonchev–Trinajstić information content (AvgIpc) is 2.37. The number of nitrogens with zero attached hydrogens (tertiary/aromatic N) is 3. The Morgan fingerprint density at radius 3 is 2.63 bits per heavy atom. The molecular weight excluding hydrogens is 270 g/mol. The van der Waals surface area contributed by atoms with Gasteiger partial charge in [-0.3, -0.25) is 10.1 Å². The molecule has 0 aliphatic rings. The molecule has 0 amide bonds. The van der Waals surface area contributed by atoms with Crippen molar-refractivity contribution in [2.75, 3.05) is 6.61 Å². The van der Waals surface area contributed by atoms with Crippen LogP contribution in [0.1, 0.15) is 45.4 Å². The van der Waals surface area contributed by atoms with Crippen molar-refractivity contribution in [3.05, 3.63) is 21.6 Å². The van der Waals surface area contributed by atoms with Crippen LogP contribution in [0.15, 0.2) is 6.33 Å². The third kappa shape index (κ3) is 5.38. The first kappa shape index (κ1) is 15.6. The minimum Gasteiger partial charge on any atom is -0.473 e. The second-order valence-corrected chi connectivity index (χ2v) is 4.55. The van der Waals surface area contributed by atoms with Crippen LogP contribution in [0.2, 0.25) is 5.15 Å². The number of nitro groups is 1. The maximum absolute atomic E-state index is 10.8. The minimum atomic E-state index is -0.626. The van der Waals surface area contributed by atoms with Gasteiger partial charge in [0.05, 0.1) is 11.5 Å². The summed E-state index contributed by atoms with van der Waals surface area (Å²) < 4.78 is 5.31. The molecule has 0 bridgehead atoms. The van der Waals surface area contributed by atoms with Gasteiger partial charge in [0.2, 0.25) is 5.15 Å². The van der Waals surface area contributed by atoms with Crippen LogP contribution in [0.4, 0.5) is 5.69 Å². The van der Waals surface area contributed by atoms with Crippen molar-refractivity contribution >= 4 is 17.3 Å². The summed E-state index contributed by atoms with van der Waals surface area (Å²) >= 11 is 5.65. The third-order valence-electron chi connectivity index (χ3n) is 2.66. The Balaban J connectivity index is 2.37. The Morgan fingerprint density at radius 2 is 1.95 bits per heavy atom. The molecule has 1 heterocycles. The smallest absolute Gasteiger partial charge is 0.367 e. The lowest BCUT2D eigenvalue weighted by Gasteiger charge is -2.05. The predicted molar refractivity (Wildman–Crippen MR) is 72.6 cm³/mol. The lowest BCUT2D eigenvalue weighted by atomic mass is 10.1. The van der Waals surface area contributed by atoms with E-state index in [0.29, 0.717) is 6.61 Å². The predicted octanol–water partition coefficient (Wildman–Crippen LogP) is 3.78. The van der Waals surface area contributed by atoms with Crippen LogP contribution in [-0.2, 0) is 0 Å². The van der Waals surface area contributed by atoms with E-state index in [1.165, 1.54) is 19.3 Å². The molecule has 1 rings (SSSR count). The number of hydrogen-bond donors (Lipinski definition) is 0. The Labute approximate surface area is 117 Å². The summed E-state index contributed by atoms with van der Waals surface area (Å²) in [6.45, 7) is 2.57. The van der Waals surface area contributed by atoms with E-state index in [0.717, 1.165) is 25.6 Å². The molecule has 0 radical (unpaired) electrons. The molecule has 19 heavy (non-hydrogen) atoms. The standard InChI is InChI=1S/C12H18ClN3O3/c1-2-3-4-5-6-7-8-19-12-10(16(17)18)11(13)14-9-15-12/h9H,2-8H2,1H3. The zero-order chi connectivity index (χ0) is 14.1. The number of aromatic nitrogens is 2. The van der Waals surface area contributed by atoms with Crippen molar-refractivity contribution in [1.29, 1.82) is 0 Å². The van der Waals surface area contributed by atoms with E-state index in [2.05, 4.69) is 16.9 Å². The summed E-state index contributed by atoms with van der Waals surface area (Å²) in [4.78, 5) is 17.5. The molecule has 0 spiro atoms. The molecule has 106 valence electrons. The molecule has 0 saturated heterocycles. The first-order valence-corrected chi connectivity index (χ1v) is 6.82. The molecule has 0 aliphatic heterocycles. The van der Waals surface area contributed by atoms with E-state index in [1.54, 1.807) is 0 Å². The van der Waals surface area contributed by atoms with E-state index in [-0.39, 0.29) is 16.7 Å². The van der Waals surface area contributed by atoms with Gasteiger partial charge >= 0.3 is 5.69 Å². The molecule has 0 atom stereocenters. The molecule has 1 aromatic heterocycles. The van der Waals surface area contributed by atoms with Crippen LogP contribution in [-0.4, -0.2) is 21.5 Å². The molecule has 0 fully saturated rings. The van der Waals surface area contributed by atoms with Gasteiger partial charge in [-0.2, -0.15) is 4.98 Å². The van der Waals surface area contributed by atoms with Crippen molar-refractivity contribution in [3.8, 4) is 5.88 Å². The summed E-state index contributed by atoms with van der Waals surface area (Å²) in [6.07, 6.45) is 7.89. The zero-order valence-electron chi connectivity index (χ0n) is 11.0. The number of unbranched alkanes of at least 4 members (excludes halogenated alkanes) is 5. The van der Waals surface area contributed by atoms with Crippen molar-refractivity contribution < 1.29 is 9.66 Å². The zero-order valence-corrected chi connectivity index (χ0v) is 11.7. The SMILES string of the molecule is CCCCCCCCOc1ncnc(Cl)c1[N+](=O)[O-]. The Morgan fingerprint density at radius 1 is 1.26 bits per heavy atom. The molecule has 0 saturated carbocycles. The normalized spacial score (nSPS) is 10.4. The molecule has 0 unspecified atom stereocenters. The summed E-state index contributed by atoms with van der Waals surface area (Å²) in [5.74, 6) is -0.0569. The molecule has 0 N–H and O–H groups in total. The second-order valence-electron chi connectivity index (χ2n) is 4.19. The monoisotopic (exact) mass is 287 g/mol. The largest absolute Gasteiger partial charge is 0.473 e. The fraction of sp³-hybridized carbons (Fsp3) is 0.667. The lowest BCUT2D eigenvalue weighted by Crippen LogP contribution is -2.03. The van der Waals surface area contributed by atoms with Crippen LogP contribution in [0.25, 0.3) is 0 Å². The summed E-state index contributed by atoms with van der Waals surface area (Å²) in [7, 11) is 0. The first-order chi connectivity index (χ1) is 9.16. The van der Waals surface area contributed by atoms with Crippen LogP contribution in [0.5, 0.6) is 5.88 Å². The highest BCUT2D eigenvalue weighted by Crippen LogP contribution is 2.30. The number of rotatable bonds is 9. The Bertz CT molecular complexity index is 415. The van der Waals surface area contributed by atoms with Gasteiger partial charge in [-0.05, 0) is 6.42 Å². The number of hydrogen-bond acceptors (Lipinski definition) is 5. The molecule has 0 aromatic carbocycles. The maximum Gasteiger partial charge on any atom is 0.367 e. The van der Waals surface area contributed by atoms with Crippen molar-refractivity contribution in [1.82, 2.24) is 9.97 Å². The van der Waals surface area contributed by atoms with E-state index in [4.69, 9.17) is 16.3 Å². The molecule has 7 heteroatoms. The van der Waals surface area contributed by atoms with Gasteiger partial charge in [0.25, 0.3) is 5.88 Å². The van der Waals surface area contributed by atoms with Crippen LogP contribution in [0.3, 0.4) is 0 Å². The highest BCUT2D eigenvalue weighted by Gasteiger charge is 2.22. The fourth-order valence-electron chi connectivity index (χ4n) is 1.65. The number of halogens is 1. The summed E-state index contributed by atoms with van der Waals surface area (Å²) in [5, 5.41) is 10.6. The highest BCUT2D eigenvalue weighted by atomic mass is 35.5. The van der Waals surface area contributed by atoms with E-state index in [9.17, 15) is 10.1 Å². The van der Waals surface area contributed by atoms with Crippen molar-refractivity contribution in [2.45, 2.75) is 45.4 Å². The third-order valence-corrected chi connectivity index (χ3v) is 2.94. The minimum absolute atomic E-state index is 0.0569. The average molecular weight is 288 g/mol. The van der Waals surface area contributed by atoms with Crippen molar-refractivity contribution in [3.63, 3.8) is 0 Å². The van der Waals surface area contributed by atoms with E-state index < -0.39 is 4.92 Å². The molecule has 0 aliphatic carbocycles. The van der Waals surface area contributed by atoms with Gasteiger partial charge < -0.3 is 4.74 Å². The van der Waals surface area contributed by atoms with Gasteiger partial charge in [-0.25, -0.2) is 4.98 Å². The fourth-order valence-corrected chi connectivity index (χ4v) is 1.85. The maximum atomic E-state index is 10.8. The van der Waals surface area contributed by atoms with Gasteiger partial charge in [-0.15, -0.1) is 0 Å². The van der Waals surface area contributed by atoms with Gasteiger partial charge in [0.1, 0.15) is 6.33 Å². The molecule has 1 aromatic rings. The first-order valence-electron chi connectivity index (χ1n) is 6.44. The van der Waals surface area contributed by atoms with Gasteiger partial charge in [-0.1, -0.05) is 50.6 Å². The molecule has 6 nitrogen and oxygen atoms in total. The summed E-state index contributed by atoms with van der Waals surface area (Å²) in [5.41, 5.74) is -0.366. The molecular formula is C12H18ClN3O3. The quantitative estimate of drug-likeness (QED) is 0.299.